The molecule has 1 fully saturated rings. The van der Waals surface area contributed by atoms with Crippen LogP contribution in [0, 0.1) is 0 Å². The number of nitrogens with one attached hydrogen (secondary N) is 2. The Morgan fingerprint density at radius 3 is 2.80 bits per heavy atom. The molecule has 25 heavy (non-hydrogen) atoms. The van der Waals surface area contributed by atoms with Crippen molar-refractivity contribution < 1.29 is 9.59 Å². The van der Waals surface area contributed by atoms with E-state index in [9.17, 15) is 9.59 Å². The molecule has 3 heterocycles. The molecule has 2 aromatic heterocycles. The lowest BCUT2D eigenvalue weighted by Crippen LogP contribution is -2.48. The molecule has 0 aliphatic carbocycles. The Labute approximate surface area is 145 Å². The molecule has 8 nitrogen and oxygen atoms in total. The summed E-state index contributed by atoms with van der Waals surface area (Å²) in [7, 11) is 3.68. The molecule has 2 N–H and O–H groups in total. The van der Waals surface area contributed by atoms with E-state index in [1.165, 1.54) is 0 Å². The van der Waals surface area contributed by atoms with Crippen LogP contribution in [0.4, 0.5) is 17.3 Å². The van der Waals surface area contributed by atoms with Crippen molar-refractivity contribution in [3.05, 3.63) is 42.2 Å². The number of carbonyl (C=O) groups is 2. The van der Waals surface area contributed by atoms with Crippen LogP contribution in [0.2, 0.25) is 0 Å². The highest BCUT2D eigenvalue weighted by Gasteiger charge is 2.18. The first-order valence-corrected chi connectivity index (χ1v) is 7.96. The van der Waals surface area contributed by atoms with Gasteiger partial charge >= 0.3 is 0 Å². The molecule has 0 radical (unpaired) electrons. The first-order valence-electron chi connectivity index (χ1n) is 7.96. The molecule has 1 saturated heterocycles. The molecule has 0 spiro atoms. The van der Waals surface area contributed by atoms with Crippen molar-refractivity contribution in [1.29, 1.82) is 0 Å². The highest BCUT2D eigenvalue weighted by Crippen LogP contribution is 2.18. The van der Waals surface area contributed by atoms with Crippen LogP contribution >= 0.6 is 0 Å². The second-order valence-corrected chi connectivity index (χ2v) is 5.90. The summed E-state index contributed by atoms with van der Waals surface area (Å²) < 4.78 is 0. The topological polar surface area (TPSA) is 90.5 Å². The van der Waals surface area contributed by atoms with Gasteiger partial charge in [0.2, 0.25) is 5.91 Å². The second kappa shape index (κ2) is 7.16. The quantitative estimate of drug-likeness (QED) is 0.853. The van der Waals surface area contributed by atoms with E-state index < -0.39 is 0 Å². The first-order chi connectivity index (χ1) is 12.0. The molecule has 0 saturated carbocycles. The molecule has 1 aliphatic heterocycles. The number of aromatic nitrogens is 2. The Morgan fingerprint density at radius 1 is 1.28 bits per heavy atom. The number of pyridine rings is 2. The average Bonchev–Trinajstić information content (AvgIpc) is 2.62. The SMILES string of the molecule is CN(C)c1ncccc1C(=O)Nc1ccc(N2CCNC(=O)C2)nc1. The van der Waals surface area contributed by atoms with Crippen LogP contribution in [0.25, 0.3) is 0 Å². The van der Waals surface area contributed by atoms with Crippen molar-refractivity contribution in [2.45, 2.75) is 0 Å². The van der Waals surface area contributed by atoms with Gasteiger partial charge in [0.15, 0.2) is 0 Å². The molecule has 1 aliphatic rings. The lowest BCUT2D eigenvalue weighted by Gasteiger charge is -2.27. The summed E-state index contributed by atoms with van der Waals surface area (Å²) in [5, 5.41) is 5.60. The van der Waals surface area contributed by atoms with E-state index in [0.29, 0.717) is 42.5 Å². The summed E-state index contributed by atoms with van der Waals surface area (Å²) in [5.74, 6) is 1.05. The third-order valence-electron chi connectivity index (χ3n) is 3.82. The van der Waals surface area contributed by atoms with Gasteiger partial charge in [-0.25, -0.2) is 9.97 Å². The van der Waals surface area contributed by atoms with Crippen LogP contribution in [0.3, 0.4) is 0 Å². The fourth-order valence-corrected chi connectivity index (χ4v) is 2.61. The van der Waals surface area contributed by atoms with Crippen LogP contribution in [0.1, 0.15) is 10.4 Å². The van der Waals surface area contributed by atoms with Crippen molar-refractivity contribution >= 4 is 29.1 Å². The normalized spacial score (nSPS) is 14.0. The molecule has 2 aromatic rings. The van der Waals surface area contributed by atoms with Gasteiger partial charge in [-0.2, -0.15) is 0 Å². The van der Waals surface area contributed by atoms with Crippen molar-refractivity contribution in [3.8, 4) is 0 Å². The van der Waals surface area contributed by atoms with Gasteiger partial charge in [-0.3, -0.25) is 9.59 Å². The number of hydrogen-bond acceptors (Lipinski definition) is 6. The lowest BCUT2D eigenvalue weighted by atomic mass is 10.2. The van der Waals surface area contributed by atoms with Gasteiger partial charge in [0.1, 0.15) is 11.6 Å². The predicted octanol–water partition coefficient (Wildman–Crippen LogP) is 0.731. The monoisotopic (exact) mass is 340 g/mol. The third-order valence-corrected chi connectivity index (χ3v) is 3.82. The van der Waals surface area contributed by atoms with E-state index in [0.717, 1.165) is 0 Å². The summed E-state index contributed by atoms with van der Waals surface area (Å²) in [6.07, 6.45) is 3.24. The maximum absolute atomic E-state index is 12.5. The smallest absolute Gasteiger partial charge is 0.259 e. The first kappa shape index (κ1) is 16.7. The van der Waals surface area contributed by atoms with Gasteiger partial charge in [0.05, 0.1) is 24.0 Å². The Kier molecular flexibility index (Phi) is 4.78. The minimum atomic E-state index is -0.247. The fraction of sp³-hybridized carbons (Fsp3) is 0.294. The van der Waals surface area contributed by atoms with Crippen LogP contribution in [-0.2, 0) is 4.79 Å². The second-order valence-electron chi connectivity index (χ2n) is 5.90. The van der Waals surface area contributed by atoms with Crippen LogP contribution in [0.5, 0.6) is 0 Å². The number of anilines is 3. The lowest BCUT2D eigenvalue weighted by molar-refractivity contribution is -0.120. The highest BCUT2D eigenvalue weighted by molar-refractivity contribution is 6.07. The van der Waals surface area contributed by atoms with Gasteiger partial charge in [-0.15, -0.1) is 0 Å². The summed E-state index contributed by atoms with van der Waals surface area (Å²) in [6.45, 7) is 1.61. The summed E-state index contributed by atoms with van der Waals surface area (Å²) in [6, 6.07) is 7.03. The number of hydrogen-bond donors (Lipinski definition) is 2. The molecular weight excluding hydrogens is 320 g/mol. The average molecular weight is 340 g/mol. The van der Waals surface area contributed by atoms with E-state index in [2.05, 4.69) is 20.6 Å². The van der Waals surface area contributed by atoms with Crippen LogP contribution < -0.4 is 20.4 Å². The van der Waals surface area contributed by atoms with E-state index in [1.54, 1.807) is 41.6 Å². The molecule has 0 aromatic carbocycles. The zero-order chi connectivity index (χ0) is 17.8. The van der Waals surface area contributed by atoms with Crippen molar-refractivity contribution in [1.82, 2.24) is 15.3 Å². The minimum Gasteiger partial charge on any atom is -0.362 e. The van der Waals surface area contributed by atoms with Crippen LogP contribution in [-0.4, -0.2) is 55.5 Å². The molecule has 3 rings (SSSR count). The van der Waals surface area contributed by atoms with Gasteiger partial charge in [-0.05, 0) is 24.3 Å². The molecule has 0 unspecified atom stereocenters. The molecule has 130 valence electrons. The zero-order valence-electron chi connectivity index (χ0n) is 14.2. The number of rotatable bonds is 4. The number of piperazine rings is 1. The maximum atomic E-state index is 12.5. The summed E-state index contributed by atoms with van der Waals surface area (Å²) in [5.41, 5.74) is 1.08. The largest absolute Gasteiger partial charge is 0.362 e. The molecular formula is C17H20N6O2. The summed E-state index contributed by atoms with van der Waals surface area (Å²) in [4.78, 5) is 36.2. The maximum Gasteiger partial charge on any atom is 0.259 e. The predicted molar refractivity (Wildman–Crippen MR) is 96.0 cm³/mol. The fourth-order valence-electron chi connectivity index (χ4n) is 2.61. The Morgan fingerprint density at radius 2 is 2.12 bits per heavy atom. The summed E-state index contributed by atoms with van der Waals surface area (Å²) >= 11 is 0. The Balaban J connectivity index is 1.71. The molecule has 8 heteroatoms. The van der Waals surface area contributed by atoms with Crippen molar-refractivity contribution in [2.24, 2.45) is 0 Å². The van der Waals surface area contributed by atoms with E-state index in [1.807, 2.05) is 19.0 Å². The number of carbonyl (C=O) groups excluding carboxylic acids is 2. The van der Waals surface area contributed by atoms with Gasteiger partial charge in [0.25, 0.3) is 5.91 Å². The van der Waals surface area contributed by atoms with Crippen LogP contribution in [0.15, 0.2) is 36.7 Å². The van der Waals surface area contributed by atoms with E-state index in [4.69, 9.17) is 0 Å². The van der Waals surface area contributed by atoms with Gasteiger partial charge < -0.3 is 20.4 Å². The Hall–Kier alpha value is -3.16. The number of amides is 2. The van der Waals surface area contributed by atoms with Gasteiger partial charge in [0, 0.05) is 33.4 Å². The minimum absolute atomic E-state index is 0.0155. The molecule has 0 bridgehead atoms. The van der Waals surface area contributed by atoms with Crippen molar-refractivity contribution in [3.63, 3.8) is 0 Å². The third kappa shape index (κ3) is 3.85. The van der Waals surface area contributed by atoms with Crippen molar-refractivity contribution in [2.75, 3.05) is 48.8 Å². The zero-order valence-corrected chi connectivity index (χ0v) is 14.2. The molecule has 2 amide bonds. The number of nitrogens with zero attached hydrogens (tertiary/aromatic N) is 4. The Bertz CT molecular complexity index is 775. The standard InChI is InChI=1S/C17H20N6O2/c1-22(2)16-13(4-3-7-19-16)17(25)21-12-5-6-14(20-10-12)23-9-8-18-15(24)11-23/h3-7,10H,8-9,11H2,1-2H3,(H,18,24)(H,21,25). The van der Waals surface area contributed by atoms with E-state index in [-0.39, 0.29) is 11.8 Å². The highest BCUT2D eigenvalue weighted by atomic mass is 16.2. The molecule has 0 atom stereocenters. The van der Waals surface area contributed by atoms with Gasteiger partial charge in [-0.1, -0.05) is 0 Å². The van der Waals surface area contributed by atoms with E-state index >= 15 is 0 Å².